The fourth-order valence-corrected chi connectivity index (χ4v) is 1.43. The predicted octanol–water partition coefficient (Wildman–Crippen LogP) is 2.28. The van der Waals surface area contributed by atoms with Crippen molar-refractivity contribution >= 4 is 0 Å². The van der Waals surface area contributed by atoms with Crippen molar-refractivity contribution in [3.8, 4) is 0 Å². The van der Waals surface area contributed by atoms with Crippen molar-refractivity contribution in [2.24, 2.45) is 5.92 Å². The number of rotatable bonds is 0. The molecule has 1 atom stereocenters. The van der Waals surface area contributed by atoms with Crippen LogP contribution in [0.1, 0.15) is 19.3 Å². The number of fused-ring (bicyclic) bond motifs is 1. The minimum absolute atomic E-state index is 0.958. The summed E-state index contributed by atoms with van der Waals surface area (Å²) < 4.78 is 0. The molecule has 0 saturated carbocycles. The van der Waals surface area contributed by atoms with Crippen LogP contribution in [0.25, 0.3) is 0 Å². The van der Waals surface area contributed by atoms with E-state index in [1.165, 1.54) is 19.3 Å². The SMILES string of the molecule is C1=CC2=CCC2CC1. The highest BCUT2D eigenvalue weighted by atomic mass is 14.2. The predicted molar refractivity (Wildman–Crippen MR) is 34.6 cm³/mol. The first-order chi connectivity index (χ1) is 3.97. The summed E-state index contributed by atoms with van der Waals surface area (Å²) in [6.45, 7) is 0. The first-order valence-electron chi connectivity index (χ1n) is 3.33. The van der Waals surface area contributed by atoms with Gasteiger partial charge in [0.25, 0.3) is 0 Å². The Balaban J connectivity index is 2.26. The van der Waals surface area contributed by atoms with Crippen LogP contribution in [0.3, 0.4) is 0 Å². The van der Waals surface area contributed by atoms with Crippen LogP contribution in [-0.2, 0) is 0 Å². The van der Waals surface area contributed by atoms with E-state index in [1.807, 2.05) is 0 Å². The van der Waals surface area contributed by atoms with Gasteiger partial charge in [-0.15, -0.1) is 0 Å². The smallest absolute Gasteiger partial charge is 0.0127 e. The molecule has 42 valence electrons. The summed E-state index contributed by atoms with van der Waals surface area (Å²) in [5, 5.41) is 0. The summed E-state index contributed by atoms with van der Waals surface area (Å²) in [6.07, 6.45) is 10.9. The number of hydrogen-bond donors (Lipinski definition) is 0. The van der Waals surface area contributed by atoms with Gasteiger partial charge in [0.1, 0.15) is 0 Å². The van der Waals surface area contributed by atoms with Gasteiger partial charge in [0.2, 0.25) is 0 Å². The first-order valence-corrected chi connectivity index (χ1v) is 3.33. The fourth-order valence-electron chi connectivity index (χ4n) is 1.43. The maximum absolute atomic E-state index is 2.33. The molecule has 0 N–H and O–H groups in total. The van der Waals surface area contributed by atoms with E-state index in [1.54, 1.807) is 5.57 Å². The van der Waals surface area contributed by atoms with Crippen molar-refractivity contribution in [2.75, 3.05) is 0 Å². The van der Waals surface area contributed by atoms with Gasteiger partial charge < -0.3 is 0 Å². The lowest BCUT2D eigenvalue weighted by molar-refractivity contribution is 0.522. The van der Waals surface area contributed by atoms with Gasteiger partial charge in [-0.3, -0.25) is 0 Å². The van der Waals surface area contributed by atoms with Crippen molar-refractivity contribution in [3.63, 3.8) is 0 Å². The van der Waals surface area contributed by atoms with E-state index in [4.69, 9.17) is 0 Å². The minimum atomic E-state index is 0.958. The zero-order chi connectivity index (χ0) is 5.40. The van der Waals surface area contributed by atoms with Gasteiger partial charge in [0, 0.05) is 0 Å². The average Bonchev–Trinajstić information content (AvgIpc) is 1.72. The molecule has 0 nitrogen and oxygen atoms in total. The molecule has 0 spiro atoms. The molecule has 0 fully saturated rings. The van der Waals surface area contributed by atoms with Gasteiger partial charge in [-0.05, 0) is 30.8 Å². The molecule has 1 unspecified atom stereocenters. The van der Waals surface area contributed by atoms with Crippen LogP contribution in [-0.4, -0.2) is 0 Å². The molecule has 0 aromatic heterocycles. The molecular formula is C8H10. The quantitative estimate of drug-likeness (QED) is 0.444. The highest BCUT2D eigenvalue weighted by molar-refractivity contribution is 5.31. The fraction of sp³-hybridized carbons (Fsp3) is 0.500. The molecule has 2 aliphatic rings. The highest BCUT2D eigenvalue weighted by Gasteiger charge is 2.19. The number of hydrogen-bond acceptors (Lipinski definition) is 0. The Bertz CT molecular complexity index is 151. The van der Waals surface area contributed by atoms with Crippen molar-refractivity contribution in [2.45, 2.75) is 19.3 Å². The van der Waals surface area contributed by atoms with Crippen molar-refractivity contribution in [1.29, 1.82) is 0 Å². The maximum Gasteiger partial charge on any atom is -0.0127 e. The Morgan fingerprint density at radius 2 is 2.50 bits per heavy atom. The minimum Gasteiger partial charge on any atom is -0.0842 e. The van der Waals surface area contributed by atoms with Gasteiger partial charge in [-0.1, -0.05) is 18.2 Å². The van der Waals surface area contributed by atoms with Gasteiger partial charge in [-0.2, -0.15) is 0 Å². The van der Waals surface area contributed by atoms with Gasteiger partial charge >= 0.3 is 0 Å². The molecule has 0 heterocycles. The second-order valence-electron chi connectivity index (χ2n) is 2.62. The van der Waals surface area contributed by atoms with E-state index < -0.39 is 0 Å². The second kappa shape index (κ2) is 1.48. The molecule has 0 aromatic rings. The third-order valence-corrected chi connectivity index (χ3v) is 2.10. The summed E-state index contributed by atoms with van der Waals surface area (Å²) in [5.74, 6) is 0.958. The van der Waals surface area contributed by atoms with Gasteiger partial charge in [0.15, 0.2) is 0 Å². The maximum atomic E-state index is 2.33. The lowest BCUT2D eigenvalue weighted by atomic mass is 9.78. The van der Waals surface area contributed by atoms with Crippen molar-refractivity contribution in [3.05, 3.63) is 23.8 Å². The molecule has 0 bridgehead atoms. The highest BCUT2D eigenvalue weighted by Crippen LogP contribution is 2.34. The Morgan fingerprint density at radius 1 is 1.50 bits per heavy atom. The molecule has 2 aliphatic carbocycles. The zero-order valence-electron chi connectivity index (χ0n) is 4.93. The van der Waals surface area contributed by atoms with E-state index in [0.717, 1.165) is 5.92 Å². The molecule has 0 amide bonds. The third-order valence-electron chi connectivity index (χ3n) is 2.10. The Kier molecular flexibility index (Phi) is 0.806. The Labute approximate surface area is 49.9 Å². The number of allylic oxidation sites excluding steroid dienone is 4. The summed E-state index contributed by atoms with van der Waals surface area (Å²) in [5.41, 5.74) is 1.59. The zero-order valence-corrected chi connectivity index (χ0v) is 4.93. The third kappa shape index (κ3) is 0.459. The summed E-state index contributed by atoms with van der Waals surface area (Å²) in [7, 11) is 0. The summed E-state index contributed by atoms with van der Waals surface area (Å²) in [6, 6.07) is 0. The van der Waals surface area contributed by atoms with Crippen LogP contribution in [0.2, 0.25) is 0 Å². The summed E-state index contributed by atoms with van der Waals surface area (Å²) in [4.78, 5) is 0. The van der Waals surface area contributed by atoms with Gasteiger partial charge in [-0.25, -0.2) is 0 Å². The average molecular weight is 106 g/mol. The van der Waals surface area contributed by atoms with Crippen molar-refractivity contribution in [1.82, 2.24) is 0 Å². The second-order valence-corrected chi connectivity index (χ2v) is 2.62. The lowest BCUT2D eigenvalue weighted by Gasteiger charge is -2.27. The molecule has 0 radical (unpaired) electrons. The molecular weight excluding hydrogens is 96.1 g/mol. The van der Waals surface area contributed by atoms with Crippen LogP contribution in [0.15, 0.2) is 23.8 Å². The van der Waals surface area contributed by atoms with E-state index in [-0.39, 0.29) is 0 Å². The van der Waals surface area contributed by atoms with E-state index in [0.29, 0.717) is 0 Å². The normalized spacial score (nSPS) is 33.0. The van der Waals surface area contributed by atoms with E-state index in [9.17, 15) is 0 Å². The van der Waals surface area contributed by atoms with Crippen LogP contribution in [0.4, 0.5) is 0 Å². The standard InChI is InChI=1S/C8H10/c1-2-4-8-6-5-7(8)3-1/h1,3,5,8H,2,4,6H2. The van der Waals surface area contributed by atoms with Crippen molar-refractivity contribution < 1.29 is 0 Å². The Morgan fingerprint density at radius 3 is 2.88 bits per heavy atom. The van der Waals surface area contributed by atoms with Crippen LogP contribution < -0.4 is 0 Å². The van der Waals surface area contributed by atoms with Gasteiger partial charge in [0.05, 0.1) is 0 Å². The Hall–Kier alpha value is -0.520. The molecule has 0 aliphatic heterocycles. The van der Waals surface area contributed by atoms with Crippen LogP contribution in [0.5, 0.6) is 0 Å². The first kappa shape index (κ1) is 4.37. The topological polar surface area (TPSA) is 0 Å². The molecule has 0 saturated heterocycles. The van der Waals surface area contributed by atoms with Crippen LogP contribution >= 0.6 is 0 Å². The largest absolute Gasteiger partial charge is 0.0842 e. The van der Waals surface area contributed by atoms with E-state index in [2.05, 4.69) is 18.2 Å². The monoisotopic (exact) mass is 106 g/mol. The molecule has 0 aromatic carbocycles. The van der Waals surface area contributed by atoms with Crippen LogP contribution in [0, 0.1) is 5.92 Å². The molecule has 2 rings (SSSR count). The molecule has 0 heteroatoms. The summed E-state index contributed by atoms with van der Waals surface area (Å²) >= 11 is 0. The van der Waals surface area contributed by atoms with E-state index >= 15 is 0 Å². The lowest BCUT2D eigenvalue weighted by Crippen LogP contribution is -2.12. The molecule has 8 heavy (non-hydrogen) atoms.